The predicted molar refractivity (Wildman–Crippen MR) is 68.3 cm³/mol. The van der Waals surface area contributed by atoms with Crippen LogP contribution in [0.3, 0.4) is 0 Å². The number of alkyl halides is 3. The molecule has 1 saturated carbocycles. The van der Waals surface area contributed by atoms with Crippen LogP contribution in [0.15, 0.2) is 17.3 Å². The molecule has 2 rings (SSSR count). The fraction of sp³-hybridized carbons (Fsp3) is 0.727. The summed E-state index contributed by atoms with van der Waals surface area (Å²) in [6.07, 6.45) is 5.97. The zero-order chi connectivity index (χ0) is 11.8. The van der Waals surface area contributed by atoms with Crippen molar-refractivity contribution in [2.24, 2.45) is 10.9 Å². The lowest BCUT2D eigenvalue weighted by Gasteiger charge is -2.27. The number of rotatable bonds is 1. The molecule has 1 unspecified atom stereocenters. The molecule has 1 atom stereocenters. The van der Waals surface area contributed by atoms with Crippen molar-refractivity contribution in [3.05, 3.63) is 12.3 Å². The summed E-state index contributed by atoms with van der Waals surface area (Å²) in [5.74, 6) is 0.632. The third kappa shape index (κ3) is 2.66. The van der Waals surface area contributed by atoms with Gasteiger partial charge in [-0.25, -0.2) is 4.99 Å². The van der Waals surface area contributed by atoms with Gasteiger partial charge in [0.15, 0.2) is 0 Å². The Kier molecular flexibility index (Phi) is 3.72. The quantitative estimate of drug-likeness (QED) is 0.659. The van der Waals surface area contributed by atoms with E-state index in [1.807, 2.05) is 0 Å². The molecule has 16 heavy (non-hydrogen) atoms. The standard InChI is InChI=1S/C11H14Cl3NO/c1-7-9(8-5-3-2-4-6-8)16-10(15-7)11(12,13)14/h8-9H,1-6H2. The van der Waals surface area contributed by atoms with E-state index < -0.39 is 3.79 Å². The number of hydrogen-bond acceptors (Lipinski definition) is 2. The van der Waals surface area contributed by atoms with Gasteiger partial charge in [-0.2, -0.15) is 0 Å². The Hall–Kier alpha value is 0.0800. The molecule has 1 fully saturated rings. The highest BCUT2D eigenvalue weighted by molar-refractivity contribution is 6.76. The van der Waals surface area contributed by atoms with Crippen LogP contribution in [0.1, 0.15) is 32.1 Å². The number of hydrogen-bond donors (Lipinski definition) is 0. The average Bonchev–Trinajstić information content (AvgIpc) is 2.61. The van der Waals surface area contributed by atoms with Gasteiger partial charge in [-0.15, -0.1) is 0 Å². The molecule has 1 aliphatic carbocycles. The molecule has 5 heteroatoms. The van der Waals surface area contributed by atoms with Crippen molar-refractivity contribution in [1.82, 2.24) is 0 Å². The maximum atomic E-state index is 5.74. The maximum Gasteiger partial charge on any atom is 0.266 e. The Labute approximate surface area is 111 Å². The monoisotopic (exact) mass is 281 g/mol. The maximum absolute atomic E-state index is 5.74. The van der Waals surface area contributed by atoms with Gasteiger partial charge < -0.3 is 4.74 Å². The van der Waals surface area contributed by atoms with Gasteiger partial charge in [-0.1, -0.05) is 60.6 Å². The molecule has 2 aliphatic rings. The molecule has 1 aliphatic heterocycles. The van der Waals surface area contributed by atoms with Crippen LogP contribution in [0.2, 0.25) is 0 Å². The van der Waals surface area contributed by atoms with E-state index in [0.717, 1.165) is 12.8 Å². The number of nitrogens with zero attached hydrogens (tertiary/aromatic N) is 1. The summed E-state index contributed by atoms with van der Waals surface area (Å²) >= 11 is 17.2. The molecule has 0 aromatic carbocycles. The largest absolute Gasteiger partial charge is 0.468 e. The van der Waals surface area contributed by atoms with E-state index >= 15 is 0 Å². The molecule has 1 heterocycles. The van der Waals surface area contributed by atoms with Gasteiger partial charge in [0.05, 0.1) is 5.70 Å². The molecule has 0 amide bonds. The highest BCUT2D eigenvalue weighted by Crippen LogP contribution is 2.39. The molecule has 0 aromatic rings. The van der Waals surface area contributed by atoms with Gasteiger partial charge >= 0.3 is 0 Å². The second-order valence-corrected chi connectivity index (χ2v) is 6.62. The first kappa shape index (κ1) is 12.5. The van der Waals surface area contributed by atoms with E-state index in [0.29, 0.717) is 11.6 Å². The van der Waals surface area contributed by atoms with Crippen LogP contribution in [-0.2, 0) is 4.74 Å². The molecule has 0 aromatic heterocycles. The number of halogens is 3. The number of aliphatic imine (C=N–C) groups is 1. The summed E-state index contributed by atoms with van der Waals surface area (Å²) in [5.41, 5.74) is 0.688. The fourth-order valence-electron chi connectivity index (χ4n) is 2.34. The van der Waals surface area contributed by atoms with Gasteiger partial charge in [0, 0.05) is 5.92 Å². The van der Waals surface area contributed by atoms with Crippen LogP contribution in [-0.4, -0.2) is 15.8 Å². The Balaban J connectivity index is 2.03. The topological polar surface area (TPSA) is 21.6 Å². The fourth-order valence-corrected chi connectivity index (χ4v) is 2.60. The van der Waals surface area contributed by atoms with Crippen molar-refractivity contribution in [2.75, 3.05) is 0 Å². The molecule has 0 spiro atoms. The average molecular weight is 283 g/mol. The van der Waals surface area contributed by atoms with E-state index in [4.69, 9.17) is 39.5 Å². The molecule has 0 saturated heterocycles. The zero-order valence-electron chi connectivity index (χ0n) is 8.89. The Morgan fingerprint density at radius 1 is 1.19 bits per heavy atom. The smallest absolute Gasteiger partial charge is 0.266 e. The Morgan fingerprint density at radius 2 is 1.81 bits per heavy atom. The van der Waals surface area contributed by atoms with E-state index in [1.54, 1.807) is 0 Å². The van der Waals surface area contributed by atoms with Gasteiger partial charge in [-0.3, -0.25) is 0 Å². The van der Waals surface area contributed by atoms with Crippen molar-refractivity contribution >= 4 is 40.7 Å². The molecule has 0 N–H and O–H groups in total. The lowest BCUT2D eigenvalue weighted by molar-refractivity contribution is 0.139. The predicted octanol–water partition coefficient (Wildman–Crippen LogP) is 4.25. The normalized spacial score (nSPS) is 27.8. The molecular formula is C11H14Cl3NO. The lowest BCUT2D eigenvalue weighted by atomic mass is 9.84. The van der Waals surface area contributed by atoms with Crippen LogP contribution in [0.25, 0.3) is 0 Å². The molecule has 0 bridgehead atoms. The first-order valence-corrected chi connectivity index (χ1v) is 6.63. The van der Waals surface area contributed by atoms with Gasteiger partial charge in [0.25, 0.3) is 3.79 Å². The first-order chi connectivity index (χ1) is 7.48. The summed E-state index contributed by atoms with van der Waals surface area (Å²) in [6.45, 7) is 3.89. The highest BCUT2D eigenvalue weighted by atomic mass is 35.6. The minimum Gasteiger partial charge on any atom is -0.468 e. The van der Waals surface area contributed by atoms with Crippen molar-refractivity contribution in [1.29, 1.82) is 0 Å². The van der Waals surface area contributed by atoms with E-state index in [1.165, 1.54) is 19.3 Å². The summed E-state index contributed by atoms with van der Waals surface area (Å²) in [6, 6.07) is 0. The van der Waals surface area contributed by atoms with Crippen molar-refractivity contribution < 1.29 is 4.74 Å². The van der Waals surface area contributed by atoms with Crippen LogP contribution in [0.4, 0.5) is 0 Å². The Morgan fingerprint density at radius 3 is 2.31 bits per heavy atom. The summed E-state index contributed by atoms with van der Waals surface area (Å²) in [4.78, 5) is 4.12. The zero-order valence-corrected chi connectivity index (χ0v) is 11.2. The third-order valence-corrected chi connectivity index (χ3v) is 3.62. The molecule has 90 valence electrons. The molecule has 2 nitrogen and oxygen atoms in total. The van der Waals surface area contributed by atoms with Gasteiger partial charge in [0.1, 0.15) is 6.10 Å². The second kappa shape index (κ2) is 4.75. The molecular weight excluding hydrogens is 268 g/mol. The number of ether oxygens (including phenoxy) is 1. The summed E-state index contributed by atoms with van der Waals surface area (Å²) < 4.78 is 4.06. The minimum atomic E-state index is -1.58. The SMILES string of the molecule is C=C1N=C(C(Cl)(Cl)Cl)OC1C1CCCCC1. The van der Waals surface area contributed by atoms with Gasteiger partial charge in [-0.05, 0) is 12.8 Å². The van der Waals surface area contributed by atoms with Crippen LogP contribution in [0, 0.1) is 5.92 Å². The van der Waals surface area contributed by atoms with Crippen LogP contribution < -0.4 is 0 Å². The third-order valence-electron chi connectivity index (χ3n) is 3.13. The van der Waals surface area contributed by atoms with E-state index in [-0.39, 0.29) is 12.0 Å². The highest BCUT2D eigenvalue weighted by Gasteiger charge is 2.40. The van der Waals surface area contributed by atoms with E-state index in [9.17, 15) is 0 Å². The summed E-state index contributed by atoms with van der Waals surface area (Å²) in [7, 11) is 0. The summed E-state index contributed by atoms with van der Waals surface area (Å²) in [5, 5.41) is 0. The van der Waals surface area contributed by atoms with Crippen molar-refractivity contribution in [3.63, 3.8) is 0 Å². The van der Waals surface area contributed by atoms with Crippen LogP contribution >= 0.6 is 34.8 Å². The van der Waals surface area contributed by atoms with Crippen molar-refractivity contribution in [3.8, 4) is 0 Å². The first-order valence-electron chi connectivity index (χ1n) is 5.50. The Bertz CT molecular complexity index is 316. The molecule has 0 radical (unpaired) electrons. The van der Waals surface area contributed by atoms with E-state index in [2.05, 4.69) is 11.6 Å². The van der Waals surface area contributed by atoms with Gasteiger partial charge in [0.2, 0.25) is 5.90 Å². The minimum absolute atomic E-state index is 0.0917. The lowest BCUT2D eigenvalue weighted by Crippen LogP contribution is -2.28. The second-order valence-electron chi connectivity index (χ2n) is 4.34. The van der Waals surface area contributed by atoms with Crippen molar-refractivity contribution in [2.45, 2.75) is 42.0 Å². The van der Waals surface area contributed by atoms with Crippen LogP contribution in [0.5, 0.6) is 0 Å².